The third-order valence-corrected chi connectivity index (χ3v) is 3.40. The minimum Gasteiger partial charge on any atom is -0.380 e. The molecule has 0 radical (unpaired) electrons. The summed E-state index contributed by atoms with van der Waals surface area (Å²) in [5.74, 6) is 1.04. The van der Waals surface area contributed by atoms with E-state index in [2.05, 4.69) is 29.5 Å². The molecule has 0 spiro atoms. The van der Waals surface area contributed by atoms with Crippen LogP contribution in [0, 0.1) is 25.2 Å². The molecule has 17 heavy (non-hydrogen) atoms. The van der Waals surface area contributed by atoms with Crippen LogP contribution in [0.15, 0.2) is 6.07 Å². The fourth-order valence-electron chi connectivity index (χ4n) is 1.77. The fourth-order valence-corrected chi connectivity index (χ4v) is 2.49. The van der Waals surface area contributed by atoms with Crippen LogP contribution in [-0.2, 0) is 0 Å². The Morgan fingerprint density at radius 2 is 2.24 bits per heavy atom. The van der Waals surface area contributed by atoms with Crippen LogP contribution in [-0.4, -0.2) is 23.0 Å². The molecule has 1 heterocycles. The first-order valence-corrected chi connectivity index (χ1v) is 7.15. The van der Waals surface area contributed by atoms with Gasteiger partial charge < -0.3 is 5.32 Å². The van der Waals surface area contributed by atoms with E-state index in [0.29, 0.717) is 11.6 Å². The van der Waals surface area contributed by atoms with Crippen molar-refractivity contribution < 1.29 is 0 Å². The van der Waals surface area contributed by atoms with E-state index in [1.54, 1.807) is 0 Å². The third-order valence-electron chi connectivity index (χ3n) is 2.66. The van der Waals surface area contributed by atoms with E-state index in [1.807, 2.05) is 31.7 Å². The van der Waals surface area contributed by atoms with Crippen molar-refractivity contribution in [2.24, 2.45) is 0 Å². The molecule has 92 valence electrons. The van der Waals surface area contributed by atoms with E-state index in [-0.39, 0.29) is 0 Å². The standard InChI is InChI=1S/C13H19N3S/c1-5-11(8-17-4)16-13-6-9(2)15-10(3)12(13)7-14/h6,11H,5,8H2,1-4H3,(H,15,16). The molecule has 0 aliphatic heterocycles. The van der Waals surface area contributed by atoms with Crippen molar-refractivity contribution in [2.75, 3.05) is 17.3 Å². The molecule has 0 aromatic carbocycles. The lowest BCUT2D eigenvalue weighted by molar-refractivity contribution is 0.773. The summed E-state index contributed by atoms with van der Waals surface area (Å²) in [5, 5.41) is 12.6. The smallest absolute Gasteiger partial charge is 0.103 e. The molecule has 0 saturated heterocycles. The van der Waals surface area contributed by atoms with Crippen LogP contribution in [0.25, 0.3) is 0 Å². The van der Waals surface area contributed by atoms with E-state index in [0.717, 1.165) is 29.2 Å². The molecule has 1 atom stereocenters. The topological polar surface area (TPSA) is 48.7 Å². The van der Waals surface area contributed by atoms with Gasteiger partial charge in [-0.05, 0) is 32.6 Å². The first-order valence-electron chi connectivity index (χ1n) is 5.76. The molecular weight excluding hydrogens is 230 g/mol. The molecule has 1 rings (SSSR count). The Morgan fingerprint density at radius 1 is 1.53 bits per heavy atom. The van der Waals surface area contributed by atoms with E-state index in [9.17, 15) is 5.26 Å². The predicted octanol–water partition coefficient (Wildman–Crippen LogP) is 3.12. The SMILES string of the molecule is CCC(CSC)Nc1cc(C)nc(C)c1C#N. The number of aromatic nitrogens is 1. The summed E-state index contributed by atoms with van der Waals surface area (Å²) in [5.41, 5.74) is 3.32. The minimum absolute atomic E-state index is 0.401. The van der Waals surface area contributed by atoms with Gasteiger partial charge in [0.05, 0.1) is 16.9 Å². The Bertz CT molecular complexity index is 423. The van der Waals surface area contributed by atoms with Gasteiger partial charge in [-0.2, -0.15) is 17.0 Å². The second-order valence-corrected chi connectivity index (χ2v) is 5.00. The fraction of sp³-hybridized carbons (Fsp3) is 0.538. The number of thioether (sulfide) groups is 1. The maximum atomic E-state index is 9.17. The maximum Gasteiger partial charge on any atom is 0.103 e. The van der Waals surface area contributed by atoms with Gasteiger partial charge in [0.1, 0.15) is 6.07 Å². The minimum atomic E-state index is 0.401. The average Bonchev–Trinajstić information content (AvgIpc) is 2.28. The Hall–Kier alpha value is -1.21. The zero-order valence-corrected chi connectivity index (χ0v) is 11.7. The van der Waals surface area contributed by atoms with Crippen LogP contribution < -0.4 is 5.32 Å². The van der Waals surface area contributed by atoms with Crippen molar-refractivity contribution >= 4 is 17.4 Å². The lowest BCUT2D eigenvalue weighted by atomic mass is 10.1. The molecule has 0 aliphatic rings. The number of aryl methyl sites for hydroxylation is 2. The third kappa shape index (κ3) is 3.64. The highest BCUT2D eigenvalue weighted by Crippen LogP contribution is 2.20. The highest BCUT2D eigenvalue weighted by molar-refractivity contribution is 7.98. The van der Waals surface area contributed by atoms with E-state index in [1.165, 1.54) is 0 Å². The van der Waals surface area contributed by atoms with Gasteiger partial charge in [0.2, 0.25) is 0 Å². The lowest BCUT2D eigenvalue weighted by Crippen LogP contribution is -2.22. The van der Waals surface area contributed by atoms with E-state index < -0.39 is 0 Å². The Balaban J connectivity index is 3.00. The van der Waals surface area contributed by atoms with Crippen LogP contribution in [0.1, 0.15) is 30.3 Å². The van der Waals surface area contributed by atoms with Crippen LogP contribution in [0.3, 0.4) is 0 Å². The van der Waals surface area contributed by atoms with Gasteiger partial charge in [0, 0.05) is 17.5 Å². The zero-order chi connectivity index (χ0) is 12.8. The van der Waals surface area contributed by atoms with Crippen molar-refractivity contribution in [3.8, 4) is 6.07 Å². The first kappa shape index (κ1) is 13.9. The monoisotopic (exact) mass is 249 g/mol. The van der Waals surface area contributed by atoms with Crippen molar-refractivity contribution in [1.29, 1.82) is 5.26 Å². The van der Waals surface area contributed by atoms with Crippen molar-refractivity contribution in [3.05, 3.63) is 23.0 Å². The molecule has 0 amide bonds. The van der Waals surface area contributed by atoms with Crippen molar-refractivity contribution in [3.63, 3.8) is 0 Å². The maximum absolute atomic E-state index is 9.17. The van der Waals surface area contributed by atoms with Crippen LogP contribution in [0.2, 0.25) is 0 Å². The highest BCUT2D eigenvalue weighted by atomic mass is 32.2. The number of nitrogens with one attached hydrogen (secondary N) is 1. The van der Waals surface area contributed by atoms with Gasteiger partial charge in [0.25, 0.3) is 0 Å². The summed E-state index contributed by atoms with van der Waals surface area (Å²) in [6, 6.07) is 4.58. The molecule has 0 bridgehead atoms. The zero-order valence-electron chi connectivity index (χ0n) is 10.9. The van der Waals surface area contributed by atoms with Crippen LogP contribution >= 0.6 is 11.8 Å². The molecule has 0 aliphatic carbocycles. The van der Waals surface area contributed by atoms with Crippen molar-refractivity contribution in [1.82, 2.24) is 4.98 Å². The molecule has 1 unspecified atom stereocenters. The molecule has 0 fully saturated rings. The highest BCUT2D eigenvalue weighted by Gasteiger charge is 2.11. The lowest BCUT2D eigenvalue weighted by Gasteiger charge is -2.19. The Kier molecular flexibility index (Phi) is 5.30. The molecule has 1 aromatic heterocycles. The molecule has 4 heteroatoms. The van der Waals surface area contributed by atoms with Crippen LogP contribution in [0.5, 0.6) is 0 Å². The molecule has 1 N–H and O–H groups in total. The summed E-state index contributed by atoms with van der Waals surface area (Å²) in [6.45, 7) is 5.99. The summed E-state index contributed by atoms with van der Waals surface area (Å²) in [6.07, 6.45) is 3.14. The predicted molar refractivity (Wildman–Crippen MR) is 74.5 cm³/mol. The molecular formula is C13H19N3S. The van der Waals surface area contributed by atoms with Gasteiger partial charge in [-0.3, -0.25) is 4.98 Å². The van der Waals surface area contributed by atoms with E-state index in [4.69, 9.17) is 0 Å². The molecule has 1 aromatic rings. The summed E-state index contributed by atoms with van der Waals surface area (Å²) in [7, 11) is 0. The van der Waals surface area contributed by atoms with Gasteiger partial charge in [-0.15, -0.1) is 0 Å². The van der Waals surface area contributed by atoms with E-state index >= 15 is 0 Å². The number of hydrogen-bond acceptors (Lipinski definition) is 4. The van der Waals surface area contributed by atoms with Gasteiger partial charge in [-0.25, -0.2) is 0 Å². The number of hydrogen-bond donors (Lipinski definition) is 1. The summed E-state index contributed by atoms with van der Waals surface area (Å²) < 4.78 is 0. The molecule has 3 nitrogen and oxygen atoms in total. The summed E-state index contributed by atoms with van der Waals surface area (Å²) >= 11 is 1.81. The largest absolute Gasteiger partial charge is 0.380 e. The van der Waals surface area contributed by atoms with Gasteiger partial charge in [0.15, 0.2) is 0 Å². The number of pyridine rings is 1. The number of nitriles is 1. The van der Waals surface area contributed by atoms with Crippen molar-refractivity contribution in [2.45, 2.75) is 33.2 Å². The number of rotatable bonds is 5. The van der Waals surface area contributed by atoms with Crippen LogP contribution in [0.4, 0.5) is 5.69 Å². The number of anilines is 1. The Morgan fingerprint density at radius 3 is 2.76 bits per heavy atom. The summed E-state index contributed by atoms with van der Waals surface area (Å²) in [4.78, 5) is 4.32. The first-order chi connectivity index (χ1) is 8.12. The van der Waals surface area contributed by atoms with Gasteiger partial charge in [-0.1, -0.05) is 6.92 Å². The molecule has 0 saturated carbocycles. The number of nitrogens with zero attached hydrogens (tertiary/aromatic N) is 2. The second-order valence-electron chi connectivity index (χ2n) is 4.09. The average molecular weight is 249 g/mol. The Labute approximate surface area is 108 Å². The normalized spacial score (nSPS) is 11.9. The second kappa shape index (κ2) is 6.51. The van der Waals surface area contributed by atoms with Gasteiger partial charge >= 0.3 is 0 Å². The quantitative estimate of drug-likeness (QED) is 0.871.